The molecule has 2 aliphatic rings. The van der Waals surface area contributed by atoms with E-state index in [9.17, 15) is 4.79 Å². The normalized spacial score (nSPS) is 28.3. The summed E-state index contributed by atoms with van der Waals surface area (Å²) < 4.78 is 5.70. The Morgan fingerprint density at radius 3 is 3.14 bits per heavy atom. The Morgan fingerprint density at radius 2 is 2.29 bits per heavy atom. The van der Waals surface area contributed by atoms with E-state index in [1.165, 1.54) is 0 Å². The second kappa shape index (κ2) is 6.48. The maximum atomic E-state index is 12.4. The Hall–Kier alpha value is -1.55. The minimum Gasteiger partial charge on any atom is -0.492 e. The summed E-state index contributed by atoms with van der Waals surface area (Å²) in [6.07, 6.45) is 1.93. The summed E-state index contributed by atoms with van der Waals surface area (Å²) in [5, 5.41) is 6.53. The van der Waals surface area contributed by atoms with Crippen molar-refractivity contribution in [3.8, 4) is 5.75 Å². The number of carbonyl (C=O) groups is 1. The monoisotopic (exact) mass is 288 g/mol. The van der Waals surface area contributed by atoms with Gasteiger partial charge >= 0.3 is 0 Å². The molecule has 4 heteroatoms. The van der Waals surface area contributed by atoms with Gasteiger partial charge in [-0.2, -0.15) is 0 Å². The number of ether oxygens (including phenoxy) is 1. The van der Waals surface area contributed by atoms with Crippen molar-refractivity contribution in [1.29, 1.82) is 0 Å². The second-order valence-electron chi connectivity index (χ2n) is 6.30. The number of piperidine rings is 1. The van der Waals surface area contributed by atoms with Crippen LogP contribution in [0, 0.1) is 17.8 Å². The van der Waals surface area contributed by atoms with E-state index in [1.54, 1.807) is 0 Å². The molecule has 2 heterocycles. The quantitative estimate of drug-likeness (QED) is 0.888. The lowest BCUT2D eigenvalue weighted by Gasteiger charge is -2.30. The summed E-state index contributed by atoms with van der Waals surface area (Å²) in [6.45, 7) is 5.65. The Balaban J connectivity index is 1.52. The lowest BCUT2D eigenvalue weighted by Crippen LogP contribution is -2.44. The van der Waals surface area contributed by atoms with Crippen LogP contribution in [0.4, 0.5) is 0 Å². The molecule has 1 aromatic carbocycles. The summed E-state index contributed by atoms with van der Waals surface area (Å²) in [4.78, 5) is 12.4. The SMILES string of the molecule is CC1CNCCC1CNC(=O)C1COc2ccccc2C1. The number of benzene rings is 1. The number of para-hydroxylation sites is 1. The van der Waals surface area contributed by atoms with E-state index in [2.05, 4.69) is 17.6 Å². The van der Waals surface area contributed by atoms with Gasteiger partial charge in [-0.05, 0) is 49.4 Å². The molecular formula is C17H24N2O2. The van der Waals surface area contributed by atoms with Crippen molar-refractivity contribution < 1.29 is 9.53 Å². The van der Waals surface area contributed by atoms with Crippen molar-refractivity contribution in [2.45, 2.75) is 19.8 Å². The molecule has 3 rings (SSSR count). The molecule has 0 aromatic heterocycles. The lowest BCUT2D eigenvalue weighted by atomic mass is 9.87. The number of hydrogen-bond acceptors (Lipinski definition) is 3. The molecule has 3 atom stereocenters. The first-order valence-electron chi connectivity index (χ1n) is 7.93. The van der Waals surface area contributed by atoms with Crippen molar-refractivity contribution >= 4 is 5.91 Å². The highest BCUT2D eigenvalue weighted by Crippen LogP contribution is 2.27. The highest BCUT2D eigenvalue weighted by molar-refractivity contribution is 5.79. The van der Waals surface area contributed by atoms with Gasteiger partial charge in [-0.15, -0.1) is 0 Å². The van der Waals surface area contributed by atoms with Crippen LogP contribution in [0.2, 0.25) is 0 Å². The third kappa shape index (κ3) is 3.38. The van der Waals surface area contributed by atoms with Gasteiger partial charge < -0.3 is 15.4 Å². The zero-order valence-corrected chi connectivity index (χ0v) is 12.6. The molecule has 2 aliphatic heterocycles. The molecule has 0 aliphatic carbocycles. The summed E-state index contributed by atoms with van der Waals surface area (Å²) in [5.41, 5.74) is 1.14. The number of nitrogens with one attached hydrogen (secondary N) is 2. The third-order valence-corrected chi connectivity index (χ3v) is 4.75. The zero-order chi connectivity index (χ0) is 14.7. The fraction of sp³-hybridized carbons (Fsp3) is 0.588. The van der Waals surface area contributed by atoms with Gasteiger partial charge in [-0.1, -0.05) is 25.1 Å². The molecule has 0 bridgehead atoms. The molecule has 4 nitrogen and oxygen atoms in total. The Morgan fingerprint density at radius 1 is 1.43 bits per heavy atom. The fourth-order valence-corrected chi connectivity index (χ4v) is 3.24. The third-order valence-electron chi connectivity index (χ3n) is 4.75. The minimum atomic E-state index is -0.0584. The van der Waals surface area contributed by atoms with Crippen LogP contribution in [0.3, 0.4) is 0 Å². The van der Waals surface area contributed by atoms with E-state index in [0.717, 1.165) is 43.8 Å². The lowest BCUT2D eigenvalue weighted by molar-refractivity contribution is -0.126. The molecule has 1 aromatic rings. The molecule has 3 unspecified atom stereocenters. The number of hydrogen-bond donors (Lipinski definition) is 2. The van der Waals surface area contributed by atoms with Crippen LogP contribution < -0.4 is 15.4 Å². The molecule has 0 spiro atoms. The molecule has 1 amide bonds. The summed E-state index contributed by atoms with van der Waals surface area (Å²) in [7, 11) is 0. The topological polar surface area (TPSA) is 50.4 Å². The molecule has 0 saturated carbocycles. The largest absolute Gasteiger partial charge is 0.492 e. The maximum absolute atomic E-state index is 12.4. The van der Waals surface area contributed by atoms with Gasteiger partial charge in [0, 0.05) is 6.54 Å². The van der Waals surface area contributed by atoms with Gasteiger partial charge in [-0.3, -0.25) is 4.79 Å². The van der Waals surface area contributed by atoms with Crippen LogP contribution in [0.5, 0.6) is 5.75 Å². The standard InChI is InChI=1S/C17H24N2O2/c1-12-9-18-7-6-14(12)10-19-17(20)15-8-13-4-2-3-5-16(13)21-11-15/h2-5,12,14-15,18H,6-11H2,1H3,(H,19,20). The van der Waals surface area contributed by atoms with Crippen LogP contribution >= 0.6 is 0 Å². The van der Waals surface area contributed by atoms with Crippen LogP contribution in [0.15, 0.2) is 24.3 Å². The van der Waals surface area contributed by atoms with Gasteiger partial charge in [0.25, 0.3) is 0 Å². The van der Waals surface area contributed by atoms with Crippen molar-refractivity contribution in [2.75, 3.05) is 26.2 Å². The average molecular weight is 288 g/mol. The van der Waals surface area contributed by atoms with Crippen LogP contribution in [-0.4, -0.2) is 32.1 Å². The number of carbonyl (C=O) groups excluding carboxylic acids is 1. The molecular weight excluding hydrogens is 264 g/mol. The van der Waals surface area contributed by atoms with Gasteiger partial charge in [0.05, 0.1) is 5.92 Å². The molecule has 21 heavy (non-hydrogen) atoms. The number of amides is 1. The van der Waals surface area contributed by atoms with Crippen molar-refractivity contribution in [1.82, 2.24) is 10.6 Å². The Bertz CT molecular complexity index is 503. The average Bonchev–Trinajstić information content (AvgIpc) is 2.53. The van der Waals surface area contributed by atoms with Crippen LogP contribution in [0.1, 0.15) is 18.9 Å². The summed E-state index contributed by atoms with van der Waals surface area (Å²) in [6, 6.07) is 7.99. The van der Waals surface area contributed by atoms with Gasteiger partial charge in [0.1, 0.15) is 12.4 Å². The first-order chi connectivity index (χ1) is 10.2. The summed E-state index contributed by atoms with van der Waals surface area (Å²) in [5.74, 6) is 2.22. The van der Waals surface area contributed by atoms with E-state index in [1.807, 2.05) is 24.3 Å². The van der Waals surface area contributed by atoms with Crippen LogP contribution in [-0.2, 0) is 11.2 Å². The fourth-order valence-electron chi connectivity index (χ4n) is 3.24. The van der Waals surface area contributed by atoms with Crippen molar-refractivity contribution in [3.63, 3.8) is 0 Å². The molecule has 1 fully saturated rings. The van der Waals surface area contributed by atoms with E-state index in [4.69, 9.17) is 4.74 Å². The molecule has 0 radical (unpaired) electrons. The highest BCUT2D eigenvalue weighted by Gasteiger charge is 2.27. The Kier molecular flexibility index (Phi) is 4.44. The van der Waals surface area contributed by atoms with E-state index >= 15 is 0 Å². The second-order valence-corrected chi connectivity index (χ2v) is 6.30. The molecule has 1 saturated heterocycles. The van der Waals surface area contributed by atoms with Crippen molar-refractivity contribution in [2.24, 2.45) is 17.8 Å². The predicted molar refractivity (Wildman–Crippen MR) is 82.3 cm³/mol. The summed E-state index contributed by atoms with van der Waals surface area (Å²) >= 11 is 0. The first kappa shape index (κ1) is 14.4. The number of fused-ring (bicyclic) bond motifs is 1. The zero-order valence-electron chi connectivity index (χ0n) is 12.6. The van der Waals surface area contributed by atoms with Gasteiger partial charge in [-0.25, -0.2) is 0 Å². The smallest absolute Gasteiger partial charge is 0.226 e. The minimum absolute atomic E-state index is 0.0584. The van der Waals surface area contributed by atoms with Gasteiger partial charge in [0.15, 0.2) is 0 Å². The van der Waals surface area contributed by atoms with E-state index in [0.29, 0.717) is 18.4 Å². The van der Waals surface area contributed by atoms with E-state index in [-0.39, 0.29) is 11.8 Å². The molecule has 114 valence electrons. The highest BCUT2D eigenvalue weighted by atomic mass is 16.5. The van der Waals surface area contributed by atoms with Crippen LogP contribution in [0.25, 0.3) is 0 Å². The van der Waals surface area contributed by atoms with Gasteiger partial charge in [0.2, 0.25) is 5.91 Å². The number of rotatable bonds is 3. The van der Waals surface area contributed by atoms with Crippen molar-refractivity contribution in [3.05, 3.63) is 29.8 Å². The Labute approximate surface area is 126 Å². The maximum Gasteiger partial charge on any atom is 0.226 e. The van der Waals surface area contributed by atoms with E-state index < -0.39 is 0 Å². The molecule has 2 N–H and O–H groups in total. The predicted octanol–water partition coefficient (Wildman–Crippen LogP) is 1.60. The first-order valence-corrected chi connectivity index (χ1v) is 7.93.